The Morgan fingerprint density at radius 1 is 1.14 bits per heavy atom. The number of hydrogen-bond donors (Lipinski definition) is 0. The van der Waals surface area contributed by atoms with Gasteiger partial charge in [0.2, 0.25) is 0 Å². The Hall–Kier alpha value is -1.71. The van der Waals surface area contributed by atoms with Crippen molar-refractivity contribution in [1.82, 2.24) is 9.55 Å². The normalized spacial score (nSPS) is 19.5. The van der Waals surface area contributed by atoms with Crippen LogP contribution in [0.5, 0.6) is 11.8 Å². The van der Waals surface area contributed by atoms with Crippen molar-refractivity contribution >= 4 is 11.0 Å². The molecule has 0 radical (unpaired) electrons. The van der Waals surface area contributed by atoms with Crippen LogP contribution >= 0.6 is 0 Å². The van der Waals surface area contributed by atoms with Crippen molar-refractivity contribution in [2.24, 2.45) is 13.0 Å². The third-order valence-corrected chi connectivity index (χ3v) is 4.82. The van der Waals surface area contributed by atoms with Crippen LogP contribution in [0.2, 0.25) is 0 Å². The van der Waals surface area contributed by atoms with Gasteiger partial charge in [-0.1, -0.05) is 6.42 Å². The first-order valence-electron chi connectivity index (χ1n) is 8.55. The van der Waals surface area contributed by atoms with Crippen LogP contribution in [0, 0.1) is 5.92 Å². The molecule has 22 heavy (non-hydrogen) atoms. The third kappa shape index (κ3) is 2.92. The Bertz CT molecular complexity index is 654. The standard InChI is InChI=1S/C18H24N2O2/c1-20-17-11-15(21-12-13-7-8-13)9-10-16(17)19-18(20)22-14-5-3-2-4-6-14/h9-11,13-14H,2-8,12H2,1H3. The molecule has 2 aliphatic rings. The second-order valence-corrected chi connectivity index (χ2v) is 6.74. The summed E-state index contributed by atoms with van der Waals surface area (Å²) in [6.45, 7) is 0.842. The van der Waals surface area contributed by atoms with Gasteiger partial charge in [0.1, 0.15) is 11.9 Å². The van der Waals surface area contributed by atoms with E-state index in [0.717, 1.165) is 48.2 Å². The van der Waals surface area contributed by atoms with Crippen molar-refractivity contribution in [1.29, 1.82) is 0 Å². The monoisotopic (exact) mass is 300 g/mol. The first kappa shape index (κ1) is 13.9. The van der Waals surface area contributed by atoms with Gasteiger partial charge < -0.3 is 9.47 Å². The predicted octanol–water partition coefficient (Wildman–Crippen LogP) is 4.07. The molecule has 0 bridgehead atoms. The molecule has 2 aliphatic carbocycles. The lowest BCUT2D eigenvalue weighted by Crippen LogP contribution is -2.21. The zero-order chi connectivity index (χ0) is 14.9. The third-order valence-electron chi connectivity index (χ3n) is 4.82. The van der Waals surface area contributed by atoms with E-state index < -0.39 is 0 Å². The zero-order valence-corrected chi connectivity index (χ0v) is 13.3. The van der Waals surface area contributed by atoms with Gasteiger partial charge in [-0.05, 0) is 56.6 Å². The van der Waals surface area contributed by atoms with Crippen molar-refractivity contribution in [3.63, 3.8) is 0 Å². The van der Waals surface area contributed by atoms with Crippen LogP contribution in [0.25, 0.3) is 11.0 Å². The second kappa shape index (κ2) is 5.82. The maximum atomic E-state index is 6.13. The number of imidazole rings is 1. The van der Waals surface area contributed by atoms with E-state index in [-0.39, 0.29) is 0 Å². The number of aromatic nitrogens is 2. The predicted molar refractivity (Wildman–Crippen MR) is 86.4 cm³/mol. The molecular formula is C18H24N2O2. The maximum absolute atomic E-state index is 6.13. The van der Waals surface area contributed by atoms with E-state index in [1.54, 1.807) is 0 Å². The van der Waals surface area contributed by atoms with Crippen LogP contribution in [0.1, 0.15) is 44.9 Å². The minimum atomic E-state index is 0.329. The minimum absolute atomic E-state index is 0.329. The molecular weight excluding hydrogens is 276 g/mol. The van der Waals surface area contributed by atoms with Crippen LogP contribution in [0.15, 0.2) is 18.2 Å². The minimum Gasteiger partial charge on any atom is -0.493 e. The van der Waals surface area contributed by atoms with Gasteiger partial charge in [0.05, 0.1) is 17.6 Å². The van der Waals surface area contributed by atoms with Crippen LogP contribution in [-0.2, 0) is 7.05 Å². The topological polar surface area (TPSA) is 36.3 Å². The molecule has 0 aliphatic heterocycles. The molecule has 1 aromatic heterocycles. The molecule has 4 nitrogen and oxygen atoms in total. The highest BCUT2D eigenvalue weighted by molar-refractivity contribution is 5.78. The average molecular weight is 300 g/mol. The molecule has 4 rings (SSSR count). The van der Waals surface area contributed by atoms with Gasteiger partial charge in [0.15, 0.2) is 0 Å². The zero-order valence-electron chi connectivity index (χ0n) is 13.3. The number of rotatable bonds is 5. The van der Waals surface area contributed by atoms with Crippen molar-refractivity contribution in [3.8, 4) is 11.8 Å². The molecule has 0 N–H and O–H groups in total. The Kier molecular flexibility index (Phi) is 3.68. The van der Waals surface area contributed by atoms with Gasteiger partial charge in [-0.3, -0.25) is 4.57 Å². The summed E-state index contributed by atoms with van der Waals surface area (Å²) in [5.74, 6) is 1.71. The fourth-order valence-corrected chi connectivity index (χ4v) is 3.17. The molecule has 0 unspecified atom stereocenters. The van der Waals surface area contributed by atoms with Crippen LogP contribution in [0.4, 0.5) is 0 Å². The Labute approximate surface area is 131 Å². The lowest BCUT2D eigenvalue weighted by molar-refractivity contribution is 0.138. The molecule has 0 atom stereocenters. The SMILES string of the molecule is Cn1c(OC2CCCCC2)nc2ccc(OCC3CC3)cc21. The first-order chi connectivity index (χ1) is 10.8. The lowest BCUT2D eigenvalue weighted by atomic mass is 9.98. The number of nitrogens with zero attached hydrogens (tertiary/aromatic N) is 2. The second-order valence-electron chi connectivity index (χ2n) is 6.74. The number of fused-ring (bicyclic) bond motifs is 1. The Balaban J connectivity index is 1.52. The molecule has 2 saturated carbocycles. The highest BCUT2D eigenvalue weighted by atomic mass is 16.5. The van der Waals surface area contributed by atoms with E-state index >= 15 is 0 Å². The maximum Gasteiger partial charge on any atom is 0.297 e. The highest BCUT2D eigenvalue weighted by Gasteiger charge is 2.22. The number of benzene rings is 1. The Morgan fingerprint density at radius 3 is 2.73 bits per heavy atom. The molecule has 4 heteroatoms. The van der Waals surface area contributed by atoms with Gasteiger partial charge >= 0.3 is 0 Å². The van der Waals surface area contributed by atoms with Crippen molar-refractivity contribution in [2.75, 3.05) is 6.61 Å². The smallest absolute Gasteiger partial charge is 0.297 e. The molecule has 2 aromatic rings. The van der Waals surface area contributed by atoms with Gasteiger partial charge in [0, 0.05) is 13.1 Å². The molecule has 2 fully saturated rings. The van der Waals surface area contributed by atoms with Gasteiger partial charge in [-0.25, -0.2) is 0 Å². The molecule has 0 spiro atoms. The quantitative estimate of drug-likeness (QED) is 0.835. The summed E-state index contributed by atoms with van der Waals surface area (Å²) in [4.78, 5) is 4.64. The summed E-state index contributed by atoms with van der Waals surface area (Å²) in [7, 11) is 2.03. The molecule has 1 aromatic carbocycles. The first-order valence-corrected chi connectivity index (χ1v) is 8.55. The van der Waals surface area contributed by atoms with E-state index in [1.807, 2.05) is 23.7 Å². The number of aryl methyl sites for hydroxylation is 1. The summed E-state index contributed by atoms with van der Waals surface area (Å²) in [5, 5.41) is 0. The van der Waals surface area contributed by atoms with Gasteiger partial charge in [0.25, 0.3) is 6.01 Å². The van der Waals surface area contributed by atoms with Crippen LogP contribution < -0.4 is 9.47 Å². The number of ether oxygens (including phenoxy) is 2. The van der Waals surface area contributed by atoms with E-state index in [0.29, 0.717) is 6.10 Å². The molecule has 0 amide bonds. The fourth-order valence-electron chi connectivity index (χ4n) is 3.17. The summed E-state index contributed by atoms with van der Waals surface area (Å²) >= 11 is 0. The summed E-state index contributed by atoms with van der Waals surface area (Å²) in [5.41, 5.74) is 2.06. The van der Waals surface area contributed by atoms with E-state index in [1.165, 1.54) is 32.1 Å². The number of hydrogen-bond acceptors (Lipinski definition) is 3. The van der Waals surface area contributed by atoms with Gasteiger partial charge in [-0.2, -0.15) is 4.98 Å². The van der Waals surface area contributed by atoms with Crippen molar-refractivity contribution < 1.29 is 9.47 Å². The lowest BCUT2D eigenvalue weighted by Gasteiger charge is -2.22. The molecule has 0 saturated heterocycles. The molecule has 118 valence electrons. The van der Waals surface area contributed by atoms with E-state index in [9.17, 15) is 0 Å². The highest BCUT2D eigenvalue weighted by Crippen LogP contribution is 2.31. The summed E-state index contributed by atoms with van der Waals surface area (Å²) < 4.78 is 14.1. The van der Waals surface area contributed by atoms with Gasteiger partial charge in [-0.15, -0.1) is 0 Å². The van der Waals surface area contributed by atoms with E-state index in [4.69, 9.17) is 9.47 Å². The van der Waals surface area contributed by atoms with E-state index in [2.05, 4.69) is 11.1 Å². The van der Waals surface area contributed by atoms with Crippen molar-refractivity contribution in [3.05, 3.63) is 18.2 Å². The van der Waals surface area contributed by atoms with Crippen molar-refractivity contribution in [2.45, 2.75) is 51.0 Å². The Morgan fingerprint density at radius 2 is 1.95 bits per heavy atom. The fraction of sp³-hybridized carbons (Fsp3) is 0.611. The largest absolute Gasteiger partial charge is 0.493 e. The summed E-state index contributed by atoms with van der Waals surface area (Å²) in [6, 6.07) is 6.87. The van der Waals surface area contributed by atoms with Crippen LogP contribution in [0.3, 0.4) is 0 Å². The average Bonchev–Trinajstić information content (AvgIpc) is 3.33. The molecule has 1 heterocycles. The summed E-state index contributed by atoms with van der Waals surface area (Å²) in [6.07, 6.45) is 9.14. The van der Waals surface area contributed by atoms with Crippen LogP contribution in [-0.4, -0.2) is 22.3 Å².